The molecule has 2 aromatic heterocycles. The van der Waals surface area contributed by atoms with Gasteiger partial charge in [-0.2, -0.15) is 0 Å². The van der Waals surface area contributed by atoms with Gasteiger partial charge < -0.3 is 13.9 Å². The number of hydrogen-bond donors (Lipinski definition) is 0. The molecule has 1 atom stereocenters. The largest absolute Gasteiger partial charge is 0.493 e. The fraction of sp³-hybridized carbons (Fsp3) is 0.346. The standard InChI is InChI=1S/C26H27N3O4S/c1-3-31-23-13-7-5-11-20(23)24-27-22(17(2)33-24)16-34-26-28-21-12-6-4-10-19(21)25(30)29(26)15-18-9-8-14-32-18/h4-7,10-13,18H,3,8-9,14-16H2,1-2H3. The van der Waals surface area contributed by atoms with Gasteiger partial charge in [0.1, 0.15) is 11.5 Å². The van der Waals surface area contributed by atoms with Crippen LogP contribution in [-0.2, 0) is 17.0 Å². The van der Waals surface area contributed by atoms with E-state index in [9.17, 15) is 4.79 Å². The van der Waals surface area contributed by atoms with Crippen molar-refractivity contribution in [2.45, 2.75) is 50.2 Å². The maximum Gasteiger partial charge on any atom is 0.262 e. The highest BCUT2D eigenvalue weighted by Gasteiger charge is 2.21. The first-order chi connectivity index (χ1) is 16.6. The van der Waals surface area contributed by atoms with E-state index in [0.29, 0.717) is 40.9 Å². The number of aromatic nitrogens is 3. The van der Waals surface area contributed by atoms with Crippen LogP contribution >= 0.6 is 11.8 Å². The van der Waals surface area contributed by atoms with Crippen LogP contribution < -0.4 is 10.3 Å². The Bertz CT molecular complexity index is 1360. The summed E-state index contributed by atoms with van der Waals surface area (Å²) in [6.45, 7) is 5.67. The third-order valence-electron chi connectivity index (χ3n) is 5.88. The molecule has 1 unspecified atom stereocenters. The Labute approximate surface area is 202 Å². The molecule has 1 aliphatic heterocycles. The zero-order chi connectivity index (χ0) is 23.5. The summed E-state index contributed by atoms with van der Waals surface area (Å²) < 4.78 is 19.3. The van der Waals surface area contributed by atoms with E-state index >= 15 is 0 Å². The predicted molar refractivity (Wildman–Crippen MR) is 132 cm³/mol. The van der Waals surface area contributed by atoms with Crippen molar-refractivity contribution in [3.63, 3.8) is 0 Å². The normalized spacial score (nSPS) is 15.8. The SMILES string of the molecule is CCOc1ccccc1-c1nc(CSc2nc3ccccc3c(=O)n2CC2CCCO2)c(C)o1. The average molecular weight is 478 g/mol. The molecular weight excluding hydrogens is 450 g/mol. The summed E-state index contributed by atoms with van der Waals surface area (Å²) in [6.07, 6.45) is 2.01. The monoisotopic (exact) mass is 477 g/mol. The number of para-hydroxylation sites is 2. The molecule has 2 aromatic carbocycles. The molecule has 1 aliphatic rings. The molecule has 8 heteroatoms. The summed E-state index contributed by atoms with van der Waals surface area (Å²) in [5, 5.41) is 1.29. The topological polar surface area (TPSA) is 79.4 Å². The highest BCUT2D eigenvalue weighted by atomic mass is 32.2. The third-order valence-corrected chi connectivity index (χ3v) is 6.87. The quantitative estimate of drug-likeness (QED) is 0.254. The number of oxazole rings is 1. The van der Waals surface area contributed by atoms with E-state index in [4.69, 9.17) is 23.9 Å². The van der Waals surface area contributed by atoms with Gasteiger partial charge in [-0.15, -0.1) is 0 Å². The maximum atomic E-state index is 13.3. The second-order valence-electron chi connectivity index (χ2n) is 8.20. The van der Waals surface area contributed by atoms with Crippen LogP contribution in [-0.4, -0.2) is 33.9 Å². The van der Waals surface area contributed by atoms with Crippen LogP contribution in [0, 0.1) is 6.92 Å². The Morgan fingerprint density at radius 3 is 2.79 bits per heavy atom. The highest BCUT2D eigenvalue weighted by molar-refractivity contribution is 7.98. The molecule has 0 aliphatic carbocycles. The minimum absolute atomic E-state index is 0.0354. The lowest BCUT2D eigenvalue weighted by Gasteiger charge is -2.16. The van der Waals surface area contributed by atoms with Crippen LogP contribution in [0.3, 0.4) is 0 Å². The Morgan fingerprint density at radius 2 is 1.97 bits per heavy atom. The van der Waals surface area contributed by atoms with Crippen LogP contribution in [0.15, 0.2) is 62.9 Å². The third kappa shape index (κ3) is 4.60. The predicted octanol–water partition coefficient (Wildman–Crippen LogP) is 5.23. The van der Waals surface area contributed by atoms with Crippen LogP contribution in [0.2, 0.25) is 0 Å². The van der Waals surface area contributed by atoms with Crippen molar-refractivity contribution in [3.05, 3.63) is 70.3 Å². The lowest BCUT2D eigenvalue weighted by Crippen LogP contribution is -2.28. The van der Waals surface area contributed by atoms with Crippen molar-refractivity contribution in [1.29, 1.82) is 0 Å². The van der Waals surface area contributed by atoms with Gasteiger partial charge in [-0.05, 0) is 51.0 Å². The summed E-state index contributed by atoms with van der Waals surface area (Å²) >= 11 is 1.49. The van der Waals surface area contributed by atoms with Gasteiger partial charge in [0.15, 0.2) is 5.16 Å². The van der Waals surface area contributed by atoms with Gasteiger partial charge in [-0.25, -0.2) is 9.97 Å². The molecule has 0 N–H and O–H groups in total. The number of fused-ring (bicyclic) bond motifs is 1. The zero-order valence-corrected chi connectivity index (χ0v) is 20.1. The highest BCUT2D eigenvalue weighted by Crippen LogP contribution is 2.32. The van der Waals surface area contributed by atoms with Gasteiger partial charge in [0, 0.05) is 12.4 Å². The molecule has 0 bridgehead atoms. The number of nitrogens with zero attached hydrogens (tertiary/aromatic N) is 3. The van der Waals surface area contributed by atoms with E-state index in [1.54, 1.807) is 4.57 Å². The van der Waals surface area contributed by atoms with Gasteiger partial charge in [0.2, 0.25) is 5.89 Å². The Kier molecular flexibility index (Phi) is 6.69. The van der Waals surface area contributed by atoms with Gasteiger partial charge in [-0.3, -0.25) is 9.36 Å². The van der Waals surface area contributed by atoms with Crippen molar-refractivity contribution < 1.29 is 13.9 Å². The molecule has 3 heterocycles. The molecule has 0 spiro atoms. The molecule has 1 saturated heterocycles. The molecule has 1 fully saturated rings. The summed E-state index contributed by atoms with van der Waals surface area (Å²) in [7, 11) is 0. The van der Waals surface area contributed by atoms with Gasteiger partial charge in [0.25, 0.3) is 5.56 Å². The van der Waals surface area contributed by atoms with Crippen LogP contribution in [0.25, 0.3) is 22.4 Å². The first-order valence-electron chi connectivity index (χ1n) is 11.6. The van der Waals surface area contributed by atoms with Gasteiger partial charge >= 0.3 is 0 Å². The maximum absolute atomic E-state index is 13.3. The molecule has 7 nitrogen and oxygen atoms in total. The second-order valence-corrected chi connectivity index (χ2v) is 9.14. The summed E-state index contributed by atoms with van der Waals surface area (Å²) in [5.74, 6) is 2.54. The number of hydrogen-bond acceptors (Lipinski definition) is 7. The first kappa shape index (κ1) is 22.7. The molecule has 5 rings (SSSR count). The summed E-state index contributed by atoms with van der Waals surface area (Å²) in [5.41, 5.74) is 2.30. The van der Waals surface area contributed by atoms with E-state index in [1.807, 2.05) is 62.4 Å². The molecule has 34 heavy (non-hydrogen) atoms. The van der Waals surface area contributed by atoms with E-state index in [1.165, 1.54) is 11.8 Å². The van der Waals surface area contributed by atoms with Crippen LogP contribution in [0.4, 0.5) is 0 Å². The second kappa shape index (κ2) is 10.0. The van der Waals surface area contributed by atoms with Gasteiger partial charge in [0.05, 0.1) is 41.4 Å². The van der Waals surface area contributed by atoms with E-state index in [2.05, 4.69) is 0 Å². The van der Waals surface area contributed by atoms with E-state index < -0.39 is 0 Å². The average Bonchev–Trinajstić information content (AvgIpc) is 3.50. The Morgan fingerprint density at radius 1 is 1.15 bits per heavy atom. The molecule has 0 saturated carbocycles. The molecular formula is C26H27N3O4S. The van der Waals surface area contributed by atoms with Crippen molar-refractivity contribution in [3.8, 4) is 17.2 Å². The Hall–Kier alpha value is -3.10. The molecule has 176 valence electrons. The number of ether oxygens (including phenoxy) is 2. The molecule has 4 aromatic rings. The molecule has 0 amide bonds. The van der Waals surface area contributed by atoms with Gasteiger partial charge in [-0.1, -0.05) is 36.0 Å². The summed E-state index contributed by atoms with van der Waals surface area (Å²) in [6, 6.07) is 15.2. The van der Waals surface area contributed by atoms with E-state index in [0.717, 1.165) is 42.2 Å². The van der Waals surface area contributed by atoms with Crippen LogP contribution in [0.5, 0.6) is 5.75 Å². The number of benzene rings is 2. The number of aryl methyl sites for hydroxylation is 1. The van der Waals surface area contributed by atoms with Crippen LogP contribution in [0.1, 0.15) is 31.2 Å². The first-order valence-corrected chi connectivity index (χ1v) is 12.5. The van der Waals surface area contributed by atoms with Crippen molar-refractivity contribution >= 4 is 22.7 Å². The fourth-order valence-corrected chi connectivity index (χ4v) is 5.16. The lowest BCUT2D eigenvalue weighted by molar-refractivity contribution is 0.0937. The number of rotatable bonds is 8. The minimum Gasteiger partial charge on any atom is -0.493 e. The van der Waals surface area contributed by atoms with Crippen molar-refractivity contribution in [2.24, 2.45) is 0 Å². The smallest absolute Gasteiger partial charge is 0.262 e. The lowest BCUT2D eigenvalue weighted by atomic mass is 10.2. The Balaban J connectivity index is 1.45. The summed E-state index contributed by atoms with van der Waals surface area (Å²) in [4.78, 5) is 22.9. The van der Waals surface area contributed by atoms with Crippen molar-refractivity contribution in [2.75, 3.05) is 13.2 Å². The van der Waals surface area contributed by atoms with Crippen molar-refractivity contribution in [1.82, 2.24) is 14.5 Å². The molecule has 0 radical (unpaired) electrons. The zero-order valence-electron chi connectivity index (χ0n) is 19.3. The fourth-order valence-electron chi connectivity index (χ4n) is 4.15. The minimum atomic E-state index is -0.0354. The van der Waals surface area contributed by atoms with E-state index in [-0.39, 0.29) is 11.7 Å². The number of thioether (sulfide) groups is 1.